The number of rotatable bonds is 7. The molecular formula is C26H34F2N4O3. The zero-order valence-electron chi connectivity index (χ0n) is 20.8. The SMILES string of the molecule is CC(=O)Nc1cc2cc(F)ccc2cn1.CCC(CC)N(C)C.O=CNCc1cccc(F)c1O. The number of halogens is 2. The second-order valence-electron chi connectivity index (χ2n) is 7.92. The molecule has 2 amide bonds. The van der Waals surface area contributed by atoms with Crippen molar-refractivity contribution in [1.82, 2.24) is 15.2 Å². The van der Waals surface area contributed by atoms with Crippen LogP contribution in [0.5, 0.6) is 5.75 Å². The van der Waals surface area contributed by atoms with Crippen LogP contribution in [0.4, 0.5) is 14.6 Å². The number of aromatic hydroxyl groups is 1. The van der Waals surface area contributed by atoms with Crippen molar-refractivity contribution in [2.24, 2.45) is 0 Å². The second kappa shape index (κ2) is 15.3. The minimum atomic E-state index is -0.680. The van der Waals surface area contributed by atoms with E-state index < -0.39 is 11.6 Å². The number of phenolic OH excluding ortho intramolecular Hbond substituents is 1. The van der Waals surface area contributed by atoms with Gasteiger partial charge in [0.05, 0.1) is 0 Å². The summed E-state index contributed by atoms with van der Waals surface area (Å²) in [6.07, 6.45) is 4.62. The molecule has 2 aromatic carbocycles. The van der Waals surface area contributed by atoms with Gasteiger partial charge in [-0.3, -0.25) is 9.59 Å². The lowest BCUT2D eigenvalue weighted by Gasteiger charge is -2.20. The third kappa shape index (κ3) is 10.5. The zero-order chi connectivity index (χ0) is 26.4. The van der Waals surface area contributed by atoms with Crippen molar-refractivity contribution in [3.05, 3.63) is 65.9 Å². The van der Waals surface area contributed by atoms with Crippen molar-refractivity contribution in [3.63, 3.8) is 0 Å². The summed E-state index contributed by atoms with van der Waals surface area (Å²) in [5.41, 5.74) is 0.363. The van der Waals surface area contributed by atoms with E-state index in [9.17, 15) is 18.4 Å². The maximum atomic E-state index is 12.9. The van der Waals surface area contributed by atoms with Gasteiger partial charge < -0.3 is 20.6 Å². The molecule has 0 unspecified atom stereocenters. The third-order valence-corrected chi connectivity index (χ3v) is 5.11. The zero-order valence-corrected chi connectivity index (χ0v) is 20.8. The Morgan fingerprint density at radius 3 is 2.34 bits per heavy atom. The minimum Gasteiger partial charge on any atom is -0.505 e. The number of hydrogen-bond acceptors (Lipinski definition) is 5. The maximum absolute atomic E-state index is 12.9. The highest BCUT2D eigenvalue weighted by Gasteiger charge is 2.05. The highest BCUT2D eigenvalue weighted by Crippen LogP contribution is 2.20. The number of pyridine rings is 1. The van der Waals surface area contributed by atoms with Crippen LogP contribution in [0.15, 0.2) is 48.7 Å². The summed E-state index contributed by atoms with van der Waals surface area (Å²) in [6, 6.07) is 11.0. The molecule has 0 aliphatic heterocycles. The average molecular weight is 489 g/mol. The molecule has 0 aliphatic carbocycles. The predicted octanol–water partition coefficient (Wildman–Crippen LogP) is 4.85. The second-order valence-corrected chi connectivity index (χ2v) is 7.92. The molecule has 0 saturated heterocycles. The van der Waals surface area contributed by atoms with Crippen LogP contribution in [0.2, 0.25) is 0 Å². The molecule has 0 spiro atoms. The number of nitrogens with one attached hydrogen (secondary N) is 2. The van der Waals surface area contributed by atoms with Gasteiger partial charge in [-0.15, -0.1) is 0 Å². The molecule has 3 aromatic rings. The summed E-state index contributed by atoms with van der Waals surface area (Å²) < 4.78 is 25.6. The normalized spacial score (nSPS) is 10.2. The number of anilines is 1. The fraction of sp³-hybridized carbons (Fsp3) is 0.346. The van der Waals surface area contributed by atoms with Crippen LogP contribution in [0.25, 0.3) is 10.8 Å². The van der Waals surface area contributed by atoms with E-state index in [1.165, 1.54) is 44.0 Å². The van der Waals surface area contributed by atoms with Crippen LogP contribution in [0.1, 0.15) is 39.2 Å². The van der Waals surface area contributed by atoms with E-state index in [-0.39, 0.29) is 18.3 Å². The Balaban J connectivity index is 0.000000277. The van der Waals surface area contributed by atoms with E-state index in [4.69, 9.17) is 5.11 Å². The Bertz CT molecular complexity index is 1090. The number of nitrogens with zero attached hydrogens (tertiary/aromatic N) is 2. The quantitative estimate of drug-likeness (QED) is 0.414. The van der Waals surface area contributed by atoms with Crippen LogP contribution < -0.4 is 10.6 Å². The van der Waals surface area contributed by atoms with Crippen LogP contribution in [0.3, 0.4) is 0 Å². The number of phenols is 1. The van der Waals surface area contributed by atoms with Gasteiger partial charge in [-0.2, -0.15) is 0 Å². The lowest BCUT2D eigenvalue weighted by atomic mass is 10.1. The first-order valence-corrected chi connectivity index (χ1v) is 11.3. The molecule has 0 aliphatic rings. The molecule has 9 heteroatoms. The molecule has 3 N–H and O–H groups in total. The van der Waals surface area contributed by atoms with E-state index >= 15 is 0 Å². The van der Waals surface area contributed by atoms with Gasteiger partial charge in [-0.05, 0) is 62.7 Å². The molecule has 0 radical (unpaired) electrons. The Morgan fingerprint density at radius 1 is 1.11 bits per heavy atom. The summed E-state index contributed by atoms with van der Waals surface area (Å²) in [7, 11) is 4.27. The maximum Gasteiger partial charge on any atom is 0.222 e. The van der Waals surface area contributed by atoms with Crippen molar-refractivity contribution >= 4 is 28.9 Å². The fourth-order valence-electron chi connectivity index (χ4n) is 3.23. The smallest absolute Gasteiger partial charge is 0.222 e. The standard InChI is InChI=1S/C11H9FN2O.C8H8FNO2.C7H17N/c1-7(15)14-11-5-9-4-10(12)3-2-8(9)6-13-11;9-7-3-1-2-6(8(7)12)4-10-5-11;1-5-7(6-2)8(3)4/h2-6H,1H3,(H,13,14,15);1-3,5,12H,4H2,(H,10,11);7H,5-6H2,1-4H3. The van der Waals surface area contributed by atoms with Crippen LogP contribution >= 0.6 is 0 Å². The molecule has 0 fully saturated rings. The monoisotopic (exact) mass is 488 g/mol. The number of carbonyl (C=O) groups excluding carboxylic acids is 2. The first-order valence-electron chi connectivity index (χ1n) is 11.3. The number of aromatic nitrogens is 1. The predicted molar refractivity (Wildman–Crippen MR) is 135 cm³/mol. The Hall–Kier alpha value is -3.59. The van der Waals surface area contributed by atoms with Crippen molar-refractivity contribution < 1.29 is 23.5 Å². The van der Waals surface area contributed by atoms with E-state index in [0.717, 1.165) is 17.5 Å². The van der Waals surface area contributed by atoms with Gasteiger partial charge in [0.1, 0.15) is 11.6 Å². The number of carbonyl (C=O) groups is 2. The van der Waals surface area contributed by atoms with E-state index in [1.807, 2.05) is 0 Å². The van der Waals surface area contributed by atoms with Crippen LogP contribution in [0, 0.1) is 11.6 Å². The highest BCUT2D eigenvalue weighted by molar-refractivity contribution is 5.91. The molecule has 1 heterocycles. The Morgan fingerprint density at radius 2 is 1.80 bits per heavy atom. The van der Waals surface area contributed by atoms with Crippen molar-refractivity contribution in [3.8, 4) is 5.75 Å². The van der Waals surface area contributed by atoms with Gasteiger partial charge in [0, 0.05) is 36.7 Å². The lowest BCUT2D eigenvalue weighted by Crippen LogP contribution is -2.25. The summed E-state index contributed by atoms with van der Waals surface area (Å²) in [5, 5.41) is 15.5. The van der Waals surface area contributed by atoms with Gasteiger partial charge in [-0.1, -0.05) is 26.0 Å². The summed E-state index contributed by atoms with van der Waals surface area (Å²) in [6.45, 7) is 5.99. The molecule has 0 atom stereocenters. The third-order valence-electron chi connectivity index (χ3n) is 5.11. The number of fused-ring (bicyclic) bond motifs is 1. The van der Waals surface area contributed by atoms with Gasteiger partial charge in [0.15, 0.2) is 11.6 Å². The van der Waals surface area contributed by atoms with Gasteiger partial charge in [0.25, 0.3) is 0 Å². The molecule has 3 rings (SSSR count). The molecular weight excluding hydrogens is 454 g/mol. The highest BCUT2D eigenvalue weighted by atomic mass is 19.1. The van der Waals surface area contributed by atoms with Gasteiger partial charge in [0.2, 0.25) is 12.3 Å². The minimum absolute atomic E-state index is 0.132. The number of hydrogen-bond donors (Lipinski definition) is 3. The lowest BCUT2D eigenvalue weighted by molar-refractivity contribution is -0.114. The molecule has 0 bridgehead atoms. The molecule has 1 aromatic heterocycles. The number of benzene rings is 2. The number of para-hydroxylation sites is 1. The first-order chi connectivity index (χ1) is 16.6. The van der Waals surface area contributed by atoms with Gasteiger partial charge >= 0.3 is 0 Å². The Labute approximate surface area is 205 Å². The summed E-state index contributed by atoms with van der Waals surface area (Å²) in [4.78, 5) is 27.0. The average Bonchev–Trinajstić information content (AvgIpc) is 2.81. The topological polar surface area (TPSA) is 94.6 Å². The van der Waals surface area contributed by atoms with Crippen LogP contribution in [-0.4, -0.2) is 47.4 Å². The summed E-state index contributed by atoms with van der Waals surface area (Å²) in [5.74, 6) is -1.16. The molecule has 190 valence electrons. The van der Waals surface area contributed by atoms with Crippen molar-refractivity contribution in [2.75, 3.05) is 19.4 Å². The number of amides is 2. The fourth-order valence-corrected chi connectivity index (χ4v) is 3.23. The summed E-state index contributed by atoms with van der Waals surface area (Å²) >= 11 is 0. The largest absolute Gasteiger partial charge is 0.505 e. The first kappa shape index (κ1) is 29.4. The van der Waals surface area contributed by atoms with E-state index in [2.05, 4.69) is 48.5 Å². The van der Waals surface area contributed by atoms with Crippen molar-refractivity contribution in [2.45, 2.75) is 46.2 Å². The van der Waals surface area contributed by atoms with E-state index in [1.54, 1.807) is 18.3 Å². The van der Waals surface area contributed by atoms with Crippen molar-refractivity contribution in [1.29, 1.82) is 0 Å². The van der Waals surface area contributed by atoms with Crippen LogP contribution in [-0.2, 0) is 16.1 Å². The molecule has 35 heavy (non-hydrogen) atoms. The van der Waals surface area contributed by atoms with Gasteiger partial charge in [-0.25, -0.2) is 13.8 Å². The van der Waals surface area contributed by atoms with E-state index in [0.29, 0.717) is 23.2 Å². The molecule has 0 saturated carbocycles. The Kier molecular flexibility index (Phi) is 12.9. The molecule has 7 nitrogen and oxygen atoms in total.